The minimum atomic E-state index is -3.45. The van der Waals surface area contributed by atoms with E-state index in [9.17, 15) is 0 Å². The first-order valence-corrected chi connectivity index (χ1v) is 21.8. The molecule has 0 saturated heterocycles. The van der Waals surface area contributed by atoms with E-state index < -0.39 is 7.14 Å². The molecule has 0 N–H and O–H groups in total. The minimum absolute atomic E-state index is 0.811. The smallest absolute Gasteiger partial charge is 0.175 e. The topological polar surface area (TPSA) is 34.9 Å². The van der Waals surface area contributed by atoms with Crippen molar-refractivity contribution in [1.29, 1.82) is 0 Å². The van der Waals surface area contributed by atoms with Crippen LogP contribution in [0.15, 0.2) is 212 Å². The molecule has 1 unspecified atom stereocenters. The Bertz CT molecular complexity index is 3530. The van der Waals surface area contributed by atoms with Crippen molar-refractivity contribution in [3.05, 3.63) is 212 Å². The predicted octanol–water partition coefficient (Wildman–Crippen LogP) is 13.1. The third kappa shape index (κ3) is 5.22. The fraction of sp³-hybridized carbons (Fsp3) is 0. The van der Waals surface area contributed by atoms with Gasteiger partial charge in [0.15, 0.2) is 7.14 Å². The van der Waals surface area contributed by atoms with Gasteiger partial charge in [-0.05, 0) is 114 Å². The molecule has 0 radical (unpaired) electrons. The van der Waals surface area contributed by atoms with Gasteiger partial charge in [-0.25, -0.2) is 4.98 Å². The number of imidazole rings is 1. The Morgan fingerprint density at radius 3 is 1.75 bits per heavy atom. The van der Waals surface area contributed by atoms with Crippen LogP contribution in [0.5, 0.6) is 0 Å². The molecule has 59 heavy (non-hydrogen) atoms. The Kier molecular flexibility index (Phi) is 7.51. The lowest BCUT2D eigenvalue weighted by Crippen LogP contribution is -2.34. The molecule has 12 rings (SSSR count). The van der Waals surface area contributed by atoms with Crippen LogP contribution in [-0.4, -0.2) is 9.55 Å². The lowest BCUT2D eigenvalue weighted by atomic mass is 9.90. The van der Waals surface area contributed by atoms with E-state index in [4.69, 9.17) is 4.98 Å². The van der Waals surface area contributed by atoms with Crippen molar-refractivity contribution in [1.82, 2.24) is 9.55 Å². The molecule has 11 aromatic rings. The van der Waals surface area contributed by atoms with Crippen molar-refractivity contribution >= 4 is 66.4 Å². The summed E-state index contributed by atoms with van der Waals surface area (Å²) in [5.74, 6) is 0.836. The second-order valence-electron chi connectivity index (χ2n) is 15.5. The monoisotopic (exact) mass is 770 g/mol. The third-order valence-electron chi connectivity index (χ3n) is 12.1. The van der Waals surface area contributed by atoms with E-state index in [0.717, 1.165) is 77.2 Å². The van der Waals surface area contributed by atoms with E-state index in [1.165, 1.54) is 32.5 Å². The van der Waals surface area contributed by atoms with E-state index in [1.807, 2.05) is 60.7 Å². The van der Waals surface area contributed by atoms with Gasteiger partial charge in [-0.15, -0.1) is 0 Å². The summed E-state index contributed by atoms with van der Waals surface area (Å²) in [7, 11) is -3.45. The number of hydrogen-bond donors (Lipinski definition) is 0. The Labute approximate surface area is 341 Å². The summed E-state index contributed by atoms with van der Waals surface area (Å²) in [4.78, 5) is 5.23. The van der Waals surface area contributed by atoms with E-state index >= 15 is 4.57 Å². The number of nitrogens with zero attached hydrogens (tertiary/aromatic N) is 2. The second-order valence-corrected chi connectivity index (χ2v) is 18.1. The van der Waals surface area contributed by atoms with Crippen LogP contribution in [0.4, 0.5) is 0 Å². The molecule has 1 aromatic heterocycles. The Morgan fingerprint density at radius 2 is 1.00 bits per heavy atom. The highest BCUT2D eigenvalue weighted by Gasteiger charge is 2.42. The normalized spacial score (nSPS) is 14.6. The van der Waals surface area contributed by atoms with Crippen molar-refractivity contribution < 1.29 is 4.57 Å². The van der Waals surface area contributed by atoms with Crippen molar-refractivity contribution in [2.75, 3.05) is 0 Å². The first kappa shape index (κ1) is 33.8. The Hall–Kier alpha value is -7.32. The zero-order valence-electron chi connectivity index (χ0n) is 32.0. The van der Waals surface area contributed by atoms with E-state index in [0.29, 0.717) is 0 Å². The highest BCUT2D eigenvalue weighted by atomic mass is 31.2. The summed E-state index contributed by atoms with van der Waals surface area (Å²) >= 11 is 0. The SMILES string of the molecule is O=P1(c2ccccc2)c2c(-c3cc(-c4ccc5ccccc5c4)c4cc(-c5ccc6ccccc6c5)ccc4c3)cccc2-n2c(-c3ccccc3)nc3cccc1c32. The fourth-order valence-electron chi connectivity index (χ4n) is 9.34. The van der Waals surface area contributed by atoms with E-state index in [-0.39, 0.29) is 0 Å². The molecule has 2 heterocycles. The summed E-state index contributed by atoms with van der Waals surface area (Å²) in [6, 6.07) is 74.9. The third-order valence-corrected chi connectivity index (χ3v) is 15.3. The van der Waals surface area contributed by atoms with Gasteiger partial charge in [0.05, 0.1) is 22.0 Å². The van der Waals surface area contributed by atoms with Crippen LogP contribution in [0, 0.1) is 0 Å². The second kappa shape index (κ2) is 13.1. The minimum Gasteiger partial charge on any atom is -0.308 e. The fourth-order valence-corrected chi connectivity index (χ4v) is 12.6. The Balaban J connectivity index is 1.15. The lowest BCUT2D eigenvalue weighted by Gasteiger charge is -2.31. The first-order chi connectivity index (χ1) is 29.1. The van der Waals surface area contributed by atoms with Gasteiger partial charge >= 0.3 is 0 Å². The van der Waals surface area contributed by atoms with Gasteiger partial charge in [0.25, 0.3) is 0 Å². The van der Waals surface area contributed by atoms with Crippen molar-refractivity contribution in [3.63, 3.8) is 0 Å². The average Bonchev–Trinajstić information content (AvgIpc) is 3.71. The highest BCUT2D eigenvalue weighted by Crippen LogP contribution is 2.53. The van der Waals surface area contributed by atoms with Crippen molar-refractivity contribution in [3.8, 4) is 50.5 Å². The quantitative estimate of drug-likeness (QED) is 0.163. The summed E-state index contributed by atoms with van der Waals surface area (Å²) in [6.45, 7) is 0. The van der Waals surface area contributed by atoms with Gasteiger partial charge in [-0.2, -0.15) is 0 Å². The average molecular weight is 771 g/mol. The molecule has 4 heteroatoms. The van der Waals surface area contributed by atoms with Gasteiger partial charge in [-0.3, -0.25) is 4.57 Å². The van der Waals surface area contributed by atoms with Crippen molar-refractivity contribution in [2.45, 2.75) is 0 Å². The molecule has 10 aromatic carbocycles. The molecular weight excluding hydrogens is 736 g/mol. The molecule has 3 nitrogen and oxygen atoms in total. The van der Waals surface area contributed by atoms with Crippen LogP contribution in [0.1, 0.15) is 0 Å². The van der Waals surface area contributed by atoms with Gasteiger partial charge in [0.1, 0.15) is 5.82 Å². The van der Waals surface area contributed by atoms with Crippen LogP contribution in [-0.2, 0) is 4.57 Å². The lowest BCUT2D eigenvalue weighted by molar-refractivity contribution is 0.592. The zero-order chi connectivity index (χ0) is 39.1. The summed E-state index contributed by atoms with van der Waals surface area (Å²) in [5.41, 5.74) is 10.2. The molecule has 1 aliphatic heterocycles. The van der Waals surface area contributed by atoms with Gasteiger partial charge < -0.3 is 4.57 Å². The van der Waals surface area contributed by atoms with Gasteiger partial charge in [0.2, 0.25) is 0 Å². The van der Waals surface area contributed by atoms with E-state index in [2.05, 4.69) is 156 Å². The maximum atomic E-state index is 16.6. The molecule has 0 aliphatic carbocycles. The standard InChI is InChI=1S/C55H35N2OP/c58-59(46-19-5-2-6-20-46)52-24-12-22-50-53(52)57(55(56-50)38-15-3-1-4-16-38)51-23-11-21-47(54(51)59)45-33-44-30-28-42(41-27-25-36-13-7-9-17-39(36)31-41)34-48(44)49(35-45)43-29-26-37-14-8-10-18-40(37)32-43/h1-35H. The zero-order valence-corrected chi connectivity index (χ0v) is 32.9. The molecule has 0 fully saturated rings. The molecule has 0 spiro atoms. The van der Waals surface area contributed by atoms with E-state index in [1.54, 1.807) is 0 Å². The molecule has 0 amide bonds. The highest BCUT2D eigenvalue weighted by molar-refractivity contribution is 7.86. The van der Waals surface area contributed by atoms with Crippen LogP contribution in [0.3, 0.4) is 0 Å². The van der Waals surface area contributed by atoms with Crippen molar-refractivity contribution in [2.24, 2.45) is 0 Å². The predicted molar refractivity (Wildman–Crippen MR) is 248 cm³/mol. The Morgan fingerprint density at radius 1 is 0.407 bits per heavy atom. The largest absolute Gasteiger partial charge is 0.308 e. The summed E-state index contributed by atoms with van der Waals surface area (Å²) in [6.07, 6.45) is 0. The number of rotatable bonds is 5. The molecule has 276 valence electrons. The molecular formula is C55H35N2OP. The van der Waals surface area contributed by atoms with Crippen LogP contribution in [0.2, 0.25) is 0 Å². The molecule has 1 atom stereocenters. The summed E-state index contributed by atoms with van der Waals surface area (Å²) < 4.78 is 18.9. The first-order valence-electron chi connectivity index (χ1n) is 20.1. The van der Waals surface area contributed by atoms with Crippen LogP contribution >= 0.6 is 7.14 Å². The maximum absolute atomic E-state index is 16.6. The summed E-state index contributed by atoms with van der Waals surface area (Å²) in [5, 5.41) is 9.58. The van der Waals surface area contributed by atoms with Gasteiger partial charge in [-0.1, -0.05) is 164 Å². The number of benzene rings is 10. The van der Waals surface area contributed by atoms with Gasteiger partial charge in [0, 0.05) is 16.2 Å². The number of fused-ring (bicyclic) bond motifs is 5. The number of hydrogen-bond acceptors (Lipinski definition) is 2. The van der Waals surface area contributed by atoms with Crippen LogP contribution in [0.25, 0.3) is 93.8 Å². The maximum Gasteiger partial charge on any atom is 0.175 e. The molecule has 0 saturated carbocycles. The molecule has 0 bridgehead atoms. The van der Waals surface area contributed by atoms with Crippen LogP contribution < -0.4 is 15.9 Å². The number of aromatic nitrogens is 2. The number of para-hydroxylation sites is 1. The molecule has 1 aliphatic rings.